The Labute approximate surface area is 208 Å². The topological polar surface area (TPSA) is 96.3 Å². The van der Waals surface area contributed by atoms with E-state index >= 15 is 4.39 Å². The zero-order valence-corrected chi connectivity index (χ0v) is 20.0. The summed E-state index contributed by atoms with van der Waals surface area (Å²) in [6, 6.07) is 7.51. The first-order valence-corrected chi connectivity index (χ1v) is 11.7. The van der Waals surface area contributed by atoms with Gasteiger partial charge in [0.05, 0.1) is 23.0 Å². The van der Waals surface area contributed by atoms with Crippen LogP contribution in [0, 0.1) is 5.82 Å². The molecule has 0 amide bonds. The smallest absolute Gasteiger partial charge is 0.233 e. The second kappa shape index (κ2) is 8.71. The van der Waals surface area contributed by atoms with E-state index in [0.29, 0.717) is 17.6 Å². The number of hydrogen-bond acceptors (Lipinski definition) is 8. The fraction of sp³-hybridized carbons (Fsp3) is 0.462. The minimum Gasteiger partial charge on any atom is -0.507 e. The van der Waals surface area contributed by atoms with E-state index in [9.17, 15) is 5.11 Å². The van der Waals surface area contributed by atoms with Crippen LogP contribution in [0.1, 0.15) is 50.1 Å². The molecule has 5 rings (SSSR count). The summed E-state index contributed by atoms with van der Waals surface area (Å²) in [6.45, 7) is 4.59. The second-order valence-electron chi connectivity index (χ2n) is 10.3. The molecule has 0 aliphatic carbocycles. The number of phenols is 1. The minimum atomic E-state index is -2.72. The van der Waals surface area contributed by atoms with Crippen molar-refractivity contribution in [1.29, 1.82) is 0 Å². The van der Waals surface area contributed by atoms with Crippen molar-refractivity contribution in [2.24, 2.45) is 0 Å². The van der Waals surface area contributed by atoms with Crippen molar-refractivity contribution in [1.82, 2.24) is 25.7 Å². The monoisotopic (exact) mass is 481 g/mol. The lowest BCUT2D eigenvalue weighted by molar-refractivity contribution is 0.0784. The summed E-state index contributed by atoms with van der Waals surface area (Å²) >= 11 is 0. The zero-order valence-electron chi connectivity index (χ0n) is 23.0. The lowest BCUT2D eigenvalue weighted by Gasteiger charge is -2.55. The number of methoxy groups -OCH3 is 1. The first kappa shape index (κ1) is 19.9. The highest BCUT2D eigenvalue weighted by atomic mass is 19.1. The van der Waals surface area contributed by atoms with Crippen molar-refractivity contribution in [3.05, 3.63) is 42.3 Å². The molecule has 2 bridgehead atoms. The third-order valence-corrected chi connectivity index (χ3v) is 7.40. The predicted molar refractivity (Wildman–Crippen MR) is 132 cm³/mol. The molecule has 1 aromatic carbocycles. The van der Waals surface area contributed by atoms with Crippen molar-refractivity contribution < 1.29 is 18.3 Å². The molecule has 184 valence electrons. The highest BCUT2D eigenvalue weighted by Crippen LogP contribution is 2.42. The standard InChI is InChI=1S/C26H31FN6O2/c1-25-8-5-9-26(2,32-25)14-17(13-25)33(3)23-7-6-21(29-30-23)19-11-20(27)18(12-22(19)34)16-10-24(35-4)31-28-15-16/h6-7,10-12,15,17,32,34H,5,8-9,13-14H2,1-4H3/t17?,25-,26+/i4D3. The van der Waals surface area contributed by atoms with Gasteiger partial charge in [0.15, 0.2) is 5.82 Å². The Morgan fingerprint density at radius 3 is 2.57 bits per heavy atom. The van der Waals surface area contributed by atoms with E-state index in [2.05, 4.69) is 44.5 Å². The second-order valence-corrected chi connectivity index (χ2v) is 10.3. The highest BCUT2D eigenvalue weighted by Gasteiger charge is 2.46. The maximum absolute atomic E-state index is 15.1. The number of halogens is 1. The molecule has 2 aromatic heterocycles. The summed E-state index contributed by atoms with van der Waals surface area (Å²) in [5.41, 5.74) is 0.935. The molecule has 0 spiro atoms. The molecule has 2 N–H and O–H groups in total. The third kappa shape index (κ3) is 4.52. The number of piperidine rings is 2. The normalized spacial score (nSPS) is 27.4. The summed E-state index contributed by atoms with van der Waals surface area (Å²) in [5, 5.41) is 30.5. The van der Waals surface area contributed by atoms with Crippen LogP contribution in [-0.4, -0.2) is 56.7 Å². The number of rotatable bonds is 5. The molecule has 0 saturated carbocycles. The van der Waals surface area contributed by atoms with Crippen LogP contribution in [0.25, 0.3) is 22.4 Å². The van der Waals surface area contributed by atoms with Gasteiger partial charge in [0, 0.05) is 46.9 Å². The van der Waals surface area contributed by atoms with Crippen LogP contribution in [0.5, 0.6) is 11.6 Å². The Kier molecular flexibility index (Phi) is 4.96. The Bertz CT molecular complexity index is 1320. The summed E-state index contributed by atoms with van der Waals surface area (Å²) in [6.07, 6.45) is 6.82. The van der Waals surface area contributed by atoms with Crippen LogP contribution < -0.4 is 15.0 Å². The molecule has 35 heavy (non-hydrogen) atoms. The van der Waals surface area contributed by atoms with Crippen LogP contribution in [0.3, 0.4) is 0 Å². The number of anilines is 1. The van der Waals surface area contributed by atoms with Crippen LogP contribution in [-0.2, 0) is 0 Å². The van der Waals surface area contributed by atoms with Crippen LogP contribution in [0.2, 0.25) is 0 Å². The fourth-order valence-corrected chi connectivity index (χ4v) is 5.79. The number of aromatic nitrogens is 4. The first-order valence-electron chi connectivity index (χ1n) is 13.2. The molecule has 2 saturated heterocycles. The molecule has 3 atom stereocenters. The Balaban J connectivity index is 1.37. The molecular weight excluding hydrogens is 447 g/mol. The number of fused-ring (bicyclic) bond motifs is 2. The van der Waals surface area contributed by atoms with Gasteiger partial charge < -0.3 is 20.1 Å². The number of ether oxygens (including phenoxy) is 1. The van der Waals surface area contributed by atoms with Crippen LogP contribution in [0.4, 0.5) is 10.2 Å². The Hall–Kier alpha value is -3.33. The maximum atomic E-state index is 15.1. The largest absolute Gasteiger partial charge is 0.507 e. The number of nitrogens with zero attached hydrogens (tertiary/aromatic N) is 5. The molecule has 1 unspecified atom stereocenters. The van der Waals surface area contributed by atoms with Gasteiger partial charge >= 0.3 is 0 Å². The average molecular weight is 482 g/mol. The summed E-state index contributed by atoms with van der Waals surface area (Å²) in [4.78, 5) is 2.17. The van der Waals surface area contributed by atoms with E-state index < -0.39 is 12.9 Å². The summed E-state index contributed by atoms with van der Waals surface area (Å²) in [7, 11) is -0.694. The van der Waals surface area contributed by atoms with Gasteiger partial charge in [0.2, 0.25) is 5.88 Å². The van der Waals surface area contributed by atoms with E-state index in [1.807, 2.05) is 13.1 Å². The van der Waals surface area contributed by atoms with E-state index in [0.717, 1.165) is 25.7 Å². The maximum Gasteiger partial charge on any atom is 0.233 e. The molecule has 2 fully saturated rings. The van der Waals surface area contributed by atoms with Gasteiger partial charge in [0.25, 0.3) is 0 Å². The highest BCUT2D eigenvalue weighted by molar-refractivity contribution is 5.75. The van der Waals surface area contributed by atoms with Gasteiger partial charge in [-0.2, -0.15) is 5.10 Å². The SMILES string of the molecule is [2H]C([2H])([2H])Oc1cc(-c2cc(O)c(-c3ccc(N(C)C4C[C@]5(C)CCC[C@](C)(C4)N5)nn3)cc2F)cnn1. The Morgan fingerprint density at radius 2 is 1.89 bits per heavy atom. The third-order valence-electron chi connectivity index (χ3n) is 7.40. The molecule has 2 aliphatic heterocycles. The van der Waals surface area contributed by atoms with Crippen LogP contribution >= 0.6 is 0 Å². The number of hydrogen-bond donors (Lipinski definition) is 2. The van der Waals surface area contributed by atoms with Crippen molar-refractivity contribution >= 4 is 5.82 Å². The van der Waals surface area contributed by atoms with Crippen molar-refractivity contribution in [3.63, 3.8) is 0 Å². The quantitative estimate of drug-likeness (QED) is 0.556. The van der Waals surface area contributed by atoms with Crippen molar-refractivity contribution in [2.75, 3.05) is 19.0 Å². The lowest BCUT2D eigenvalue weighted by Crippen LogP contribution is -2.66. The van der Waals surface area contributed by atoms with Gasteiger partial charge in [-0.15, -0.1) is 15.3 Å². The van der Waals surface area contributed by atoms with Gasteiger partial charge in [-0.25, -0.2) is 4.39 Å². The number of aromatic hydroxyl groups is 1. The van der Waals surface area contributed by atoms with Gasteiger partial charge in [0.1, 0.15) is 11.6 Å². The molecular formula is C26H31FN6O2. The molecule has 9 heteroatoms. The molecule has 8 nitrogen and oxygen atoms in total. The lowest BCUT2D eigenvalue weighted by atomic mass is 9.69. The average Bonchev–Trinajstić information content (AvgIpc) is 2.82. The Morgan fingerprint density at radius 1 is 1.11 bits per heavy atom. The van der Waals surface area contributed by atoms with Gasteiger partial charge in [-0.1, -0.05) is 0 Å². The van der Waals surface area contributed by atoms with Crippen molar-refractivity contribution in [2.45, 2.75) is 63.1 Å². The van der Waals surface area contributed by atoms with Gasteiger partial charge in [-0.05, 0) is 70.2 Å². The van der Waals surface area contributed by atoms with E-state index in [4.69, 9.17) is 8.85 Å². The van der Waals surface area contributed by atoms with E-state index in [1.54, 1.807) is 6.07 Å². The number of nitrogens with one attached hydrogen (secondary N) is 1. The van der Waals surface area contributed by atoms with Crippen molar-refractivity contribution in [3.8, 4) is 34.0 Å². The summed E-state index contributed by atoms with van der Waals surface area (Å²) < 4.78 is 41.5. The van der Waals surface area contributed by atoms with E-state index in [1.165, 1.54) is 30.8 Å². The summed E-state index contributed by atoms with van der Waals surface area (Å²) in [5.74, 6) is -0.432. The minimum absolute atomic E-state index is 0.0132. The fourth-order valence-electron chi connectivity index (χ4n) is 5.79. The molecule has 0 radical (unpaired) electrons. The first-order chi connectivity index (χ1) is 17.8. The predicted octanol–water partition coefficient (Wildman–Crippen LogP) is 4.34. The zero-order chi connectivity index (χ0) is 27.3. The molecule has 4 heterocycles. The number of phenolic OH excluding ortho intramolecular Hbond substituents is 1. The number of benzene rings is 1. The van der Waals surface area contributed by atoms with E-state index in [-0.39, 0.29) is 39.4 Å². The molecule has 3 aromatic rings. The van der Waals surface area contributed by atoms with Crippen LogP contribution in [0.15, 0.2) is 36.5 Å². The molecule has 2 aliphatic rings. The van der Waals surface area contributed by atoms with Gasteiger partial charge in [-0.3, -0.25) is 0 Å².